The van der Waals surface area contributed by atoms with Gasteiger partial charge in [-0.3, -0.25) is 9.69 Å². The molecule has 0 radical (unpaired) electrons. The van der Waals surface area contributed by atoms with Crippen molar-refractivity contribution >= 4 is 44.7 Å². The van der Waals surface area contributed by atoms with E-state index in [2.05, 4.69) is 20.9 Å². The van der Waals surface area contributed by atoms with Gasteiger partial charge in [0.1, 0.15) is 5.75 Å². The van der Waals surface area contributed by atoms with Crippen LogP contribution < -0.4 is 4.74 Å². The minimum Gasteiger partial charge on any atom is -0.497 e. The molecule has 2 aliphatic heterocycles. The summed E-state index contributed by atoms with van der Waals surface area (Å²) in [5.41, 5.74) is 2.83. The fourth-order valence-electron chi connectivity index (χ4n) is 3.87. The Balaban J connectivity index is 1.71. The highest BCUT2D eigenvalue weighted by molar-refractivity contribution is 9.10. The van der Waals surface area contributed by atoms with E-state index in [1.165, 1.54) is 11.8 Å². The number of allylic oxidation sites excluding steroid dienone is 1. The number of rotatable bonds is 6. The van der Waals surface area contributed by atoms with Crippen LogP contribution in [-0.2, 0) is 20.7 Å². The van der Waals surface area contributed by atoms with Gasteiger partial charge in [-0.15, -0.1) is 0 Å². The van der Waals surface area contributed by atoms with Crippen LogP contribution in [0.15, 0.2) is 69.3 Å². The maximum atomic E-state index is 13.6. The zero-order chi connectivity index (χ0) is 22.8. The largest absolute Gasteiger partial charge is 0.497 e. The molecular formula is C24H23BrN2O4S. The number of esters is 1. The van der Waals surface area contributed by atoms with Crippen molar-refractivity contribution in [2.24, 2.45) is 4.99 Å². The van der Waals surface area contributed by atoms with E-state index in [0.717, 1.165) is 15.6 Å². The van der Waals surface area contributed by atoms with E-state index in [-0.39, 0.29) is 17.8 Å². The lowest BCUT2D eigenvalue weighted by atomic mass is 9.94. The maximum Gasteiger partial charge on any atom is 0.338 e. The number of carbonyl (C=O) groups excluding carboxylic acids is 2. The maximum absolute atomic E-state index is 13.6. The summed E-state index contributed by atoms with van der Waals surface area (Å²) in [4.78, 5) is 32.7. The number of nitrogens with zero attached hydrogens (tertiary/aromatic N) is 2. The lowest BCUT2D eigenvalue weighted by Crippen LogP contribution is -2.41. The first-order valence-electron chi connectivity index (χ1n) is 10.3. The molecule has 2 aromatic rings. The van der Waals surface area contributed by atoms with Crippen LogP contribution in [0.2, 0.25) is 0 Å². The zero-order valence-corrected chi connectivity index (χ0v) is 20.4. The third-order valence-electron chi connectivity index (χ3n) is 5.41. The first-order chi connectivity index (χ1) is 15.4. The van der Waals surface area contributed by atoms with E-state index in [1.807, 2.05) is 48.5 Å². The lowest BCUT2D eigenvalue weighted by Gasteiger charge is -2.33. The Kier molecular flexibility index (Phi) is 6.71. The van der Waals surface area contributed by atoms with E-state index in [1.54, 1.807) is 25.9 Å². The molecule has 2 aromatic carbocycles. The number of ether oxygens (including phenoxy) is 2. The number of methoxy groups -OCH3 is 1. The minimum atomic E-state index is -0.595. The second-order valence-electron chi connectivity index (χ2n) is 7.43. The van der Waals surface area contributed by atoms with Crippen LogP contribution >= 0.6 is 27.7 Å². The highest BCUT2D eigenvalue weighted by atomic mass is 79.9. The summed E-state index contributed by atoms with van der Waals surface area (Å²) in [6, 6.07) is 14.7. The Bertz CT molecular complexity index is 1100. The molecule has 1 fully saturated rings. The number of fused-ring (bicyclic) bond motifs is 1. The molecule has 2 heterocycles. The number of carbonyl (C=O) groups is 2. The molecule has 166 valence electrons. The highest BCUT2D eigenvalue weighted by Crippen LogP contribution is 2.44. The molecule has 32 heavy (non-hydrogen) atoms. The van der Waals surface area contributed by atoms with E-state index < -0.39 is 12.0 Å². The van der Waals surface area contributed by atoms with Crippen molar-refractivity contribution in [2.45, 2.75) is 31.6 Å². The van der Waals surface area contributed by atoms with Crippen LogP contribution in [0.3, 0.4) is 0 Å². The molecule has 2 aliphatic rings. The summed E-state index contributed by atoms with van der Waals surface area (Å²) in [7, 11) is 1.60. The summed E-state index contributed by atoms with van der Waals surface area (Å²) in [6.07, 6.45) is 0.579. The van der Waals surface area contributed by atoms with E-state index in [4.69, 9.17) is 9.47 Å². The molecule has 2 atom stereocenters. The van der Waals surface area contributed by atoms with Crippen LogP contribution in [-0.4, -0.2) is 40.9 Å². The van der Waals surface area contributed by atoms with Gasteiger partial charge < -0.3 is 9.47 Å². The number of hydrogen-bond donors (Lipinski definition) is 0. The smallest absolute Gasteiger partial charge is 0.338 e. The predicted molar refractivity (Wildman–Crippen MR) is 129 cm³/mol. The molecule has 0 N–H and O–H groups in total. The van der Waals surface area contributed by atoms with Gasteiger partial charge in [-0.05, 0) is 55.7 Å². The number of aliphatic imine (C=N–C) groups is 1. The van der Waals surface area contributed by atoms with Gasteiger partial charge in [0.15, 0.2) is 5.17 Å². The van der Waals surface area contributed by atoms with Crippen molar-refractivity contribution < 1.29 is 19.1 Å². The molecule has 2 unspecified atom stereocenters. The van der Waals surface area contributed by atoms with E-state index in [0.29, 0.717) is 28.6 Å². The predicted octanol–water partition coefficient (Wildman–Crippen LogP) is 4.89. The normalized spacial score (nSPS) is 20.2. The third kappa shape index (κ3) is 4.34. The van der Waals surface area contributed by atoms with Crippen molar-refractivity contribution in [1.29, 1.82) is 0 Å². The molecule has 0 bridgehead atoms. The first-order valence-corrected chi connectivity index (χ1v) is 11.9. The molecule has 0 spiro atoms. The van der Waals surface area contributed by atoms with Crippen LogP contribution in [0, 0.1) is 0 Å². The molecule has 8 heteroatoms. The molecule has 6 nitrogen and oxygen atoms in total. The Hall–Kier alpha value is -2.58. The second kappa shape index (κ2) is 9.50. The standard InChI is InChI=1S/C24H23BrN2O4S/c1-4-31-23(29)20-14(2)26-24-27(21(20)16-7-11-18(30-3)12-8-16)22(28)19(32-24)13-15-5-9-17(25)10-6-15/h5-12,19,21H,4,13H2,1-3H3. The SMILES string of the molecule is CCOC(=O)C1=C(C)N=C2SC(Cc3ccc(Br)cc3)C(=O)N2C1c1ccc(OC)cc1. The second-order valence-corrected chi connectivity index (χ2v) is 9.52. The number of hydrogen-bond acceptors (Lipinski definition) is 6. The monoisotopic (exact) mass is 514 g/mol. The van der Waals surface area contributed by atoms with Gasteiger partial charge in [0.2, 0.25) is 5.91 Å². The van der Waals surface area contributed by atoms with E-state index in [9.17, 15) is 9.59 Å². The number of amidine groups is 1. The fraction of sp³-hybridized carbons (Fsp3) is 0.292. The average Bonchev–Trinajstić information content (AvgIpc) is 3.09. The lowest BCUT2D eigenvalue weighted by molar-refractivity contribution is -0.139. The molecule has 1 amide bonds. The van der Waals surface area contributed by atoms with Gasteiger partial charge >= 0.3 is 5.97 Å². The Morgan fingerprint density at radius 3 is 2.47 bits per heavy atom. The topological polar surface area (TPSA) is 68.2 Å². The molecule has 0 aliphatic carbocycles. The number of thioether (sulfide) groups is 1. The number of benzene rings is 2. The minimum absolute atomic E-state index is 0.0632. The zero-order valence-electron chi connectivity index (χ0n) is 18.0. The van der Waals surface area contributed by atoms with Crippen molar-refractivity contribution in [3.8, 4) is 5.75 Å². The number of amides is 1. The van der Waals surface area contributed by atoms with Gasteiger partial charge in [0.25, 0.3) is 0 Å². The van der Waals surface area contributed by atoms with Crippen LogP contribution in [0.1, 0.15) is 31.0 Å². The van der Waals surface area contributed by atoms with Crippen molar-refractivity contribution in [3.05, 3.63) is 75.4 Å². The van der Waals surface area contributed by atoms with Gasteiger partial charge in [-0.25, -0.2) is 9.79 Å². The summed E-state index contributed by atoms with van der Waals surface area (Å²) in [6.45, 7) is 3.80. The van der Waals surface area contributed by atoms with Gasteiger partial charge in [-0.1, -0.05) is 52.0 Å². The highest BCUT2D eigenvalue weighted by Gasteiger charge is 2.47. The van der Waals surface area contributed by atoms with Gasteiger partial charge in [0, 0.05) is 4.47 Å². The molecule has 0 aromatic heterocycles. The van der Waals surface area contributed by atoms with Crippen molar-refractivity contribution in [2.75, 3.05) is 13.7 Å². The van der Waals surface area contributed by atoms with Crippen molar-refractivity contribution in [3.63, 3.8) is 0 Å². The summed E-state index contributed by atoms with van der Waals surface area (Å²) in [5.74, 6) is 0.182. The summed E-state index contributed by atoms with van der Waals surface area (Å²) >= 11 is 4.89. The first kappa shape index (κ1) is 22.6. The molecule has 0 saturated carbocycles. The van der Waals surface area contributed by atoms with Crippen LogP contribution in [0.4, 0.5) is 0 Å². The average molecular weight is 515 g/mol. The van der Waals surface area contributed by atoms with E-state index >= 15 is 0 Å². The Morgan fingerprint density at radius 1 is 1.16 bits per heavy atom. The van der Waals surface area contributed by atoms with Crippen LogP contribution in [0.25, 0.3) is 0 Å². The fourth-order valence-corrected chi connectivity index (χ4v) is 5.37. The summed E-state index contributed by atoms with van der Waals surface area (Å²) < 4.78 is 11.6. The number of halogens is 1. The quantitative estimate of drug-likeness (QED) is 0.513. The van der Waals surface area contributed by atoms with Crippen LogP contribution in [0.5, 0.6) is 5.75 Å². The third-order valence-corrected chi connectivity index (χ3v) is 7.09. The summed E-state index contributed by atoms with van der Waals surface area (Å²) in [5, 5.41) is 0.300. The Labute approximate surface area is 199 Å². The van der Waals surface area contributed by atoms with Gasteiger partial charge in [-0.2, -0.15) is 0 Å². The van der Waals surface area contributed by atoms with Gasteiger partial charge in [0.05, 0.1) is 36.3 Å². The molecular weight excluding hydrogens is 492 g/mol. The Morgan fingerprint density at radius 2 is 1.84 bits per heavy atom. The van der Waals surface area contributed by atoms with Crippen molar-refractivity contribution in [1.82, 2.24) is 4.90 Å². The molecule has 4 rings (SSSR count). The molecule has 1 saturated heterocycles.